The fourth-order valence-corrected chi connectivity index (χ4v) is 1.66. The van der Waals surface area contributed by atoms with E-state index in [1.54, 1.807) is 32.9 Å². The first-order chi connectivity index (χ1) is 8.70. The summed E-state index contributed by atoms with van der Waals surface area (Å²) in [6.45, 7) is 7.15. The average molecular weight is 263 g/mol. The van der Waals surface area contributed by atoms with E-state index in [4.69, 9.17) is 10.5 Å². The first-order valence-corrected chi connectivity index (χ1v) is 6.28. The number of hydrogen-bond acceptors (Lipinski definition) is 4. The molecule has 0 aromatic heterocycles. The minimum absolute atomic E-state index is 0.0419. The molecule has 104 valence electrons. The standard InChI is InChI=1S/C15H21NO3/c1-10-7-5-6-8-11(10)13(17)9-12(16)14(18)19-15(2,3)4/h5-8,12H,9,16H2,1-4H3. The van der Waals surface area contributed by atoms with Crippen LogP contribution in [0.15, 0.2) is 24.3 Å². The van der Waals surface area contributed by atoms with Gasteiger partial charge in [-0.1, -0.05) is 24.3 Å². The van der Waals surface area contributed by atoms with Gasteiger partial charge >= 0.3 is 5.97 Å². The Bertz CT molecular complexity index is 475. The molecule has 0 amide bonds. The SMILES string of the molecule is Cc1ccccc1C(=O)CC(N)C(=O)OC(C)(C)C. The zero-order valence-corrected chi connectivity index (χ0v) is 11.9. The summed E-state index contributed by atoms with van der Waals surface area (Å²) in [6, 6.07) is 6.32. The lowest BCUT2D eigenvalue weighted by atomic mass is 10.00. The van der Waals surface area contributed by atoms with Crippen molar-refractivity contribution >= 4 is 11.8 Å². The van der Waals surface area contributed by atoms with Crippen LogP contribution < -0.4 is 5.73 Å². The minimum atomic E-state index is -0.925. The van der Waals surface area contributed by atoms with Crippen molar-refractivity contribution in [3.63, 3.8) is 0 Å². The van der Waals surface area contributed by atoms with Crippen molar-refractivity contribution in [1.29, 1.82) is 0 Å². The Morgan fingerprint density at radius 2 is 1.84 bits per heavy atom. The Labute approximate surface area is 113 Å². The fraction of sp³-hybridized carbons (Fsp3) is 0.467. The minimum Gasteiger partial charge on any atom is -0.459 e. The second-order valence-electron chi connectivity index (χ2n) is 5.58. The summed E-state index contributed by atoms with van der Waals surface area (Å²) in [5, 5.41) is 0. The largest absolute Gasteiger partial charge is 0.459 e. The summed E-state index contributed by atoms with van der Waals surface area (Å²) in [5.74, 6) is -0.689. The van der Waals surface area contributed by atoms with Gasteiger partial charge in [0.25, 0.3) is 0 Å². The predicted octanol–water partition coefficient (Wildman–Crippen LogP) is 2.24. The van der Waals surface area contributed by atoms with Crippen molar-refractivity contribution in [2.24, 2.45) is 5.73 Å². The summed E-state index contributed by atoms with van der Waals surface area (Å²) in [4.78, 5) is 23.8. The first kappa shape index (κ1) is 15.4. The van der Waals surface area contributed by atoms with E-state index in [0.717, 1.165) is 5.56 Å². The lowest BCUT2D eigenvalue weighted by Crippen LogP contribution is -2.38. The van der Waals surface area contributed by atoms with Crippen LogP contribution in [-0.4, -0.2) is 23.4 Å². The maximum Gasteiger partial charge on any atom is 0.323 e. The van der Waals surface area contributed by atoms with Crippen LogP contribution in [0.5, 0.6) is 0 Å². The van der Waals surface area contributed by atoms with E-state index in [-0.39, 0.29) is 12.2 Å². The van der Waals surface area contributed by atoms with E-state index in [2.05, 4.69) is 0 Å². The number of carbonyl (C=O) groups excluding carboxylic acids is 2. The first-order valence-electron chi connectivity index (χ1n) is 6.28. The molecule has 1 aromatic carbocycles. The normalized spacial score (nSPS) is 12.9. The third-order valence-corrected chi connectivity index (χ3v) is 2.56. The smallest absolute Gasteiger partial charge is 0.323 e. The fourth-order valence-electron chi connectivity index (χ4n) is 1.66. The third kappa shape index (κ3) is 4.83. The van der Waals surface area contributed by atoms with Crippen molar-refractivity contribution in [2.45, 2.75) is 45.8 Å². The number of hydrogen-bond donors (Lipinski definition) is 1. The van der Waals surface area contributed by atoms with Gasteiger partial charge in [-0.2, -0.15) is 0 Å². The van der Waals surface area contributed by atoms with E-state index in [1.165, 1.54) is 0 Å². The van der Waals surface area contributed by atoms with Crippen LogP contribution in [0.4, 0.5) is 0 Å². The van der Waals surface area contributed by atoms with Crippen LogP contribution in [0.2, 0.25) is 0 Å². The average Bonchev–Trinajstić information content (AvgIpc) is 2.27. The topological polar surface area (TPSA) is 69.4 Å². The molecule has 0 radical (unpaired) electrons. The van der Waals surface area contributed by atoms with E-state index < -0.39 is 17.6 Å². The number of ketones is 1. The second-order valence-corrected chi connectivity index (χ2v) is 5.58. The van der Waals surface area contributed by atoms with Gasteiger partial charge in [0.1, 0.15) is 11.6 Å². The molecule has 0 bridgehead atoms. The summed E-state index contributed by atoms with van der Waals surface area (Å²) >= 11 is 0. The molecule has 1 unspecified atom stereocenters. The molecule has 0 fully saturated rings. The van der Waals surface area contributed by atoms with Gasteiger partial charge in [0.05, 0.1) is 0 Å². The number of ether oxygens (including phenoxy) is 1. The molecule has 2 N–H and O–H groups in total. The van der Waals surface area contributed by atoms with Gasteiger partial charge in [0.2, 0.25) is 0 Å². The summed E-state index contributed by atoms with van der Waals surface area (Å²) in [7, 11) is 0. The molecule has 1 atom stereocenters. The monoisotopic (exact) mass is 263 g/mol. The van der Waals surface area contributed by atoms with Gasteiger partial charge < -0.3 is 10.5 Å². The highest BCUT2D eigenvalue weighted by molar-refractivity contribution is 5.99. The Morgan fingerprint density at radius 1 is 1.26 bits per heavy atom. The van der Waals surface area contributed by atoms with Crippen LogP contribution in [0.25, 0.3) is 0 Å². The summed E-state index contributed by atoms with van der Waals surface area (Å²) < 4.78 is 5.15. The summed E-state index contributed by atoms with van der Waals surface area (Å²) in [6.07, 6.45) is -0.0419. The van der Waals surface area contributed by atoms with Crippen LogP contribution in [0, 0.1) is 6.92 Å². The number of carbonyl (C=O) groups is 2. The molecule has 0 saturated heterocycles. The van der Waals surface area contributed by atoms with Gasteiger partial charge in [-0.3, -0.25) is 9.59 Å². The van der Waals surface area contributed by atoms with Crippen LogP contribution in [0.3, 0.4) is 0 Å². The summed E-state index contributed by atoms with van der Waals surface area (Å²) in [5.41, 5.74) is 6.60. The molecule has 0 saturated carbocycles. The number of nitrogens with two attached hydrogens (primary N) is 1. The molecule has 0 heterocycles. The molecule has 1 rings (SSSR count). The van der Waals surface area contributed by atoms with Crippen molar-refractivity contribution in [1.82, 2.24) is 0 Å². The Hall–Kier alpha value is -1.68. The zero-order valence-electron chi connectivity index (χ0n) is 11.9. The molecule has 4 heteroatoms. The molecule has 4 nitrogen and oxygen atoms in total. The zero-order chi connectivity index (χ0) is 14.6. The Kier molecular flexibility index (Phi) is 4.84. The van der Waals surface area contributed by atoms with Crippen LogP contribution >= 0.6 is 0 Å². The lowest BCUT2D eigenvalue weighted by molar-refractivity contribution is -0.156. The molecule has 0 aliphatic carbocycles. The highest BCUT2D eigenvalue weighted by Crippen LogP contribution is 2.13. The highest BCUT2D eigenvalue weighted by atomic mass is 16.6. The van der Waals surface area contributed by atoms with Crippen molar-refractivity contribution in [2.75, 3.05) is 0 Å². The van der Waals surface area contributed by atoms with E-state index in [1.807, 2.05) is 19.1 Å². The number of rotatable bonds is 4. The molecular weight excluding hydrogens is 242 g/mol. The van der Waals surface area contributed by atoms with Crippen molar-refractivity contribution in [3.05, 3.63) is 35.4 Å². The Morgan fingerprint density at radius 3 is 2.37 bits per heavy atom. The highest BCUT2D eigenvalue weighted by Gasteiger charge is 2.24. The molecular formula is C15H21NO3. The maximum atomic E-state index is 12.1. The third-order valence-electron chi connectivity index (χ3n) is 2.56. The van der Waals surface area contributed by atoms with Crippen molar-refractivity contribution in [3.8, 4) is 0 Å². The quantitative estimate of drug-likeness (QED) is 0.668. The van der Waals surface area contributed by atoms with Gasteiger partial charge in [-0.15, -0.1) is 0 Å². The van der Waals surface area contributed by atoms with Crippen LogP contribution in [-0.2, 0) is 9.53 Å². The van der Waals surface area contributed by atoms with Gasteiger partial charge in [-0.05, 0) is 33.3 Å². The molecule has 19 heavy (non-hydrogen) atoms. The molecule has 1 aromatic rings. The lowest BCUT2D eigenvalue weighted by Gasteiger charge is -2.22. The molecule has 0 spiro atoms. The van der Waals surface area contributed by atoms with Gasteiger partial charge in [-0.25, -0.2) is 0 Å². The van der Waals surface area contributed by atoms with Gasteiger partial charge in [0, 0.05) is 12.0 Å². The predicted molar refractivity (Wildman–Crippen MR) is 73.9 cm³/mol. The van der Waals surface area contributed by atoms with Gasteiger partial charge in [0.15, 0.2) is 5.78 Å². The molecule has 0 aliphatic rings. The van der Waals surface area contributed by atoms with E-state index in [0.29, 0.717) is 5.56 Å². The maximum absolute atomic E-state index is 12.1. The number of esters is 1. The van der Waals surface area contributed by atoms with Crippen LogP contribution in [0.1, 0.15) is 43.1 Å². The van der Waals surface area contributed by atoms with E-state index in [9.17, 15) is 9.59 Å². The second kappa shape index (κ2) is 5.97. The number of benzene rings is 1. The number of Topliss-reactive ketones (excluding diaryl/α,β-unsaturated/α-hetero) is 1. The molecule has 0 aliphatic heterocycles. The number of aryl methyl sites for hydroxylation is 1. The van der Waals surface area contributed by atoms with Crippen molar-refractivity contribution < 1.29 is 14.3 Å². The van der Waals surface area contributed by atoms with E-state index >= 15 is 0 Å². The Balaban J connectivity index is 2.67.